The molecule has 1 fully saturated rings. The lowest BCUT2D eigenvalue weighted by Gasteiger charge is -2.45. The van der Waals surface area contributed by atoms with Gasteiger partial charge in [-0.1, -0.05) is 50.6 Å². The van der Waals surface area contributed by atoms with Crippen LogP contribution in [-0.2, 0) is 21.9 Å². The number of sulfonamides is 1. The van der Waals surface area contributed by atoms with Crippen LogP contribution in [0.2, 0.25) is 5.02 Å². The normalized spacial score (nSPS) is 32.9. The second kappa shape index (κ2) is 11.8. The van der Waals surface area contributed by atoms with Gasteiger partial charge in [-0.3, -0.25) is 4.79 Å². The van der Waals surface area contributed by atoms with E-state index in [1.165, 1.54) is 11.1 Å². The molecule has 2 aliphatic heterocycles. The molecule has 2 heterocycles. The van der Waals surface area contributed by atoms with Gasteiger partial charge in [0, 0.05) is 29.1 Å². The molecule has 7 nitrogen and oxygen atoms in total. The van der Waals surface area contributed by atoms with E-state index in [4.69, 9.17) is 16.3 Å². The number of carbonyl (C=O) groups excluding carboxylic acids is 1. The van der Waals surface area contributed by atoms with E-state index in [1.807, 2.05) is 39.0 Å². The smallest absolute Gasteiger partial charge is 0.264 e. The predicted molar refractivity (Wildman–Crippen MR) is 170 cm³/mol. The Labute approximate surface area is 260 Å². The van der Waals surface area contributed by atoms with Crippen molar-refractivity contribution in [3.8, 4) is 5.75 Å². The first-order valence-corrected chi connectivity index (χ1v) is 17.6. The van der Waals surface area contributed by atoms with Crippen molar-refractivity contribution in [2.75, 3.05) is 24.6 Å². The Balaban J connectivity index is 1.43. The van der Waals surface area contributed by atoms with Crippen LogP contribution in [0.4, 0.5) is 5.69 Å². The zero-order chi connectivity index (χ0) is 30.5. The van der Waals surface area contributed by atoms with E-state index in [9.17, 15) is 18.3 Å². The standard InChI is InChI=1S/C34H43ClN2O5S/c1-21(2)32-15-22(3)6-12-30(38)27-10-7-25(27)18-37-19-34(14-4-5-23-16-26(35)9-11-28(23)34)20-42-31-13-8-24(17-29(31)37)33(39)36-43(32,40)41/h6,8-9,11-13,16-17,21-22,25,27,30,32,38H,4-5,7,10,14-15,18-20H2,1-3H3,(H,36,39)/b12-6-/t22-,25-,27+,30-,32-,34-/m0/s1. The highest BCUT2D eigenvalue weighted by Crippen LogP contribution is 2.46. The summed E-state index contributed by atoms with van der Waals surface area (Å²) in [5.74, 6) is 0.185. The number of nitrogens with zero attached hydrogens (tertiary/aromatic N) is 1. The van der Waals surface area contributed by atoms with Crippen LogP contribution < -0.4 is 14.4 Å². The van der Waals surface area contributed by atoms with Crippen LogP contribution in [0.3, 0.4) is 0 Å². The largest absolute Gasteiger partial charge is 0.490 e. The number of carbonyl (C=O) groups is 1. The minimum atomic E-state index is -3.96. The molecule has 9 heteroatoms. The molecule has 43 heavy (non-hydrogen) atoms. The maximum Gasteiger partial charge on any atom is 0.264 e. The Kier molecular flexibility index (Phi) is 8.33. The summed E-state index contributed by atoms with van der Waals surface area (Å²) in [7, 11) is -3.96. The fourth-order valence-electron chi connectivity index (χ4n) is 7.72. The molecule has 0 saturated heterocycles. The van der Waals surface area contributed by atoms with Gasteiger partial charge < -0.3 is 14.7 Å². The fourth-order valence-corrected chi connectivity index (χ4v) is 9.72. The first-order valence-electron chi connectivity index (χ1n) is 15.7. The number of fused-ring (bicyclic) bond motifs is 4. The molecule has 6 atom stereocenters. The summed E-state index contributed by atoms with van der Waals surface area (Å²) >= 11 is 6.40. The molecule has 1 spiro atoms. The molecule has 4 aliphatic rings. The first-order chi connectivity index (χ1) is 20.5. The van der Waals surface area contributed by atoms with E-state index in [-0.39, 0.29) is 34.7 Å². The number of amides is 1. The van der Waals surface area contributed by atoms with Crippen molar-refractivity contribution in [2.45, 2.75) is 76.1 Å². The van der Waals surface area contributed by atoms with Crippen LogP contribution in [0.1, 0.15) is 74.4 Å². The third-order valence-electron chi connectivity index (χ3n) is 10.3. The number of hydrogen-bond acceptors (Lipinski definition) is 6. The number of hydrogen-bond donors (Lipinski definition) is 2. The molecular weight excluding hydrogens is 584 g/mol. The highest BCUT2D eigenvalue weighted by atomic mass is 35.5. The Hall–Kier alpha value is -2.55. The van der Waals surface area contributed by atoms with Crippen LogP contribution in [-0.4, -0.2) is 50.5 Å². The van der Waals surface area contributed by atoms with Gasteiger partial charge in [-0.05, 0) is 104 Å². The van der Waals surface area contributed by atoms with Crippen LogP contribution in [0.25, 0.3) is 0 Å². The number of anilines is 1. The van der Waals surface area contributed by atoms with Crippen molar-refractivity contribution < 1.29 is 23.1 Å². The van der Waals surface area contributed by atoms with Crippen LogP contribution in [0.15, 0.2) is 48.6 Å². The molecular formula is C34H43ClN2O5S. The lowest BCUT2D eigenvalue weighted by atomic mass is 9.68. The Morgan fingerprint density at radius 1 is 1.14 bits per heavy atom. The second-order valence-corrected chi connectivity index (χ2v) is 16.0. The molecule has 2 bridgehead atoms. The van der Waals surface area contributed by atoms with E-state index in [2.05, 4.69) is 21.8 Å². The summed E-state index contributed by atoms with van der Waals surface area (Å²) < 4.78 is 35.9. The lowest BCUT2D eigenvalue weighted by Crippen LogP contribution is -2.49. The van der Waals surface area contributed by atoms with Crippen molar-refractivity contribution >= 4 is 33.2 Å². The van der Waals surface area contributed by atoms with E-state index < -0.39 is 27.3 Å². The van der Waals surface area contributed by atoms with Gasteiger partial charge in [-0.2, -0.15) is 0 Å². The van der Waals surface area contributed by atoms with Gasteiger partial charge in [0.05, 0.1) is 23.6 Å². The van der Waals surface area contributed by atoms with Gasteiger partial charge in [-0.15, -0.1) is 0 Å². The van der Waals surface area contributed by atoms with Crippen molar-refractivity contribution in [3.63, 3.8) is 0 Å². The Bertz CT molecular complexity index is 1520. The molecule has 2 aliphatic carbocycles. The molecule has 2 aromatic rings. The zero-order valence-corrected chi connectivity index (χ0v) is 26.8. The summed E-state index contributed by atoms with van der Waals surface area (Å²) in [6.45, 7) is 7.60. The number of halogens is 1. The Morgan fingerprint density at radius 3 is 2.70 bits per heavy atom. The summed E-state index contributed by atoms with van der Waals surface area (Å²) in [4.78, 5) is 15.8. The molecule has 232 valence electrons. The van der Waals surface area contributed by atoms with Crippen molar-refractivity contribution in [3.05, 3.63) is 70.3 Å². The van der Waals surface area contributed by atoms with Gasteiger partial charge in [0.25, 0.3) is 5.91 Å². The first kappa shape index (κ1) is 30.5. The molecule has 1 saturated carbocycles. The van der Waals surface area contributed by atoms with Gasteiger partial charge in [0.1, 0.15) is 5.75 Å². The average Bonchev–Trinajstić information content (AvgIpc) is 3.08. The maximum atomic E-state index is 13.5. The van der Waals surface area contributed by atoms with Gasteiger partial charge in [-0.25, -0.2) is 13.1 Å². The molecule has 2 N–H and O–H groups in total. The van der Waals surface area contributed by atoms with Crippen molar-refractivity contribution in [2.24, 2.45) is 23.7 Å². The number of allylic oxidation sites excluding steroid dienone is 1. The minimum absolute atomic E-state index is 0.0754. The molecule has 0 unspecified atom stereocenters. The van der Waals surface area contributed by atoms with E-state index >= 15 is 0 Å². The lowest BCUT2D eigenvalue weighted by molar-refractivity contribution is 0.0454. The highest BCUT2D eigenvalue weighted by molar-refractivity contribution is 7.90. The second-order valence-electron chi connectivity index (χ2n) is 13.6. The molecule has 6 rings (SSSR count). The van der Waals surface area contributed by atoms with Gasteiger partial charge in [0.15, 0.2) is 0 Å². The highest BCUT2D eigenvalue weighted by Gasteiger charge is 2.44. The molecule has 0 radical (unpaired) electrons. The predicted octanol–water partition coefficient (Wildman–Crippen LogP) is 5.88. The monoisotopic (exact) mass is 626 g/mol. The van der Waals surface area contributed by atoms with Crippen molar-refractivity contribution in [1.82, 2.24) is 4.72 Å². The van der Waals surface area contributed by atoms with Gasteiger partial charge >= 0.3 is 0 Å². The topological polar surface area (TPSA) is 95.9 Å². The van der Waals surface area contributed by atoms with Crippen LogP contribution in [0.5, 0.6) is 5.75 Å². The summed E-state index contributed by atoms with van der Waals surface area (Å²) in [6.07, 6.45) is 8.49. The number of ether oxygens (including phenoxy) is 1. The Morgan fingerprint density at radius 2 is 1.95 bits per heavy atom. The summed E-state index contributed by atoms with van der Waals surface area (Å²) in [5, 5.41) is 11.2. The van der Waals surface area contributed by atoms with Crippen molar-refractivity contribution in [1.29, 1.82) is 0 Å². The minimum Gasteiger partial charge on any atom is -0.490 e. The number of nitrogens with one attached hydrogen (secondary N) is 1. The average molecular weight is 627 g/mol. The molecule has 1 amide bonds. The van der Waals surface area contributed by atoms with E-state index in [1.54, 1.807) is 18.2 Å². The maximum absolute atomic E-state index is 13.5. The van der Waals surface area contributed by atoms with Gasteiger partial charge in [0.2, 0.25) is 10.0 Å². The third kappa shape index (κ3) is 5.95. The zero-order valence-electron chi connectivity index (χ0n) is 25.3. The van der Waals surface area contributed by atoms with E-state index in [0.717, 1.165) is 42.8 Å². The SMILES string of the molecule is CC(C)[C@@H]1C[C@@H](C)/C=C\[C@H](O)[C@@H]2CC[C@H]2CN2C[C@@]3(CCCc4cc(Cl)ccc43)COc3ccc(cc32)C(=O)NS1(=O)=O. The van der Waals surface area contributed by atoms with Crippen LogP contribution in [0, 0.1) is 23.7 Å². The third-order valence-corrected chi connectivity index (χ3v) is 12.5. The molecule has 0 aromatic heterocycles. The summed E-state index contributed by atoms with van der Waals surface area (Å²) in [6, 6.07) is 11.4. The van der Waals surface area contributed by atoms with Crippen LogP contribution >= 0.6 is 11.6 Å². The number of benzene rings is 2. The molecule has 2 aromatic carbocycles. The number of aliphatic hydroxyl groups excluding tert-OH is 1. The fraction of sp³-hybridized carbons (Fsp3) is 0.559. The number of aryl methyl sites for hydroxylation is 1. The summed E-state index contributed by atoms with van der Waals surface area (Å²) in [5.41, 5.74) is 3.33. The quantitative estimate of drug-likeness (QED) is 0.384. The van der Waals surface area contributed by atoms with E-state index in [0.29, 0.717) is 31.9 Å². The number of rotatable bonds is 1. The number of aliphatic hydroxyl groups is 1.